The third-order valence-electron chi connectivity index (χ3n) is 12.4. The van der Waals surface area contributed by atoms with Crippen molar-refractivity contribution in [3.8, 4) is 0 Å². The van der Waals surface area contributed by atoms with Gasteiger partial charge in [0.15, 0.2) is 23.1 Å². The summed E-state index contributed by atoms with van der Waals surface area (Å²) in [4.78, 5) is 97.0. The van der Waals surface area contributed by atoms with E-state index in [1.807, 2.05) is 0 Å². The number of rotatable bonds is 37. The molecule has 72 heavy (non-hydrogen) atoms. The van der Waals surface area contributed by atoms with Gasteiger partial charge in [0.1, 0.15) is 60.6 Å². The molecule has 0 saturated carbocycles. The van der Waals surface area contributed by atoms with Crippen molar-refractivity contribution in [2.45, 2.75) is 172 Å². The smallest absolute Gasteiger partial charge is 0.251 e. The highest BCUT2D eigenvalue weighted by atomic mass is 32.2. The van der Waals surface area contributed by atoms with Gasteiger partial charge < -0.3 is 58.3 Å². The van der Waals surface area contributed by atoms with Gasteiger partial charge in [0.25, 0.3) is 5.91 Å². The second-order valence-corrected chi connectivity index (χ2v) is 20.5. The van der Waals surface area contributed by atoms with Gasteiger partial charge in [0, 0.05) is 30.2 Å². The summed E-state index contributed by atoms with van der Waals surface area (Å²) < 4.78 is 5.57. The summed E-state index contributed by atoms with van der Waals surface area (Å²) in [5.41, 5.74) is 11.8. The highest BCUT2D eigenvalue weighted by Crippen LogP contribution is 2.29. The molecule has 22 nitrogen and oxygen atoms in total. The van der Waals surface area contributed by atoms with Crippen molar-refractivity contribution < 1.29 is 75.9 Å². The van der Waals surface area contributed by atoms with E-state index < -0.39 is 120 Å². The summed E-state index contributed by atoms with van der Waals surface area (Å²) in [7, 11) is 1.58. The number of hydrogen-bond donors (Lipinski definition) is 14. The zero-order valence-corrected chi connectivity index (χ0v) is 44.4. The van der Waals surface area contributed by atoms with Gasteiger partial charge >= 0.3 is 0 Å². The van der Waals surface area contributed by atoms with Crippen molar-refractivity contribution in [3.63, 3.8) is 0 Å². The molecular formula is C49H89N10O12S+3. The second kappa shape index (κ2) is 33.9. The molecule has 2 rings (SSSR count). The first kappa shape index (κ1) is 64.3. The van der Waals surface area contributed by atoms with E-state index in [0.717, 1.165) is 12.0 Å². The zero-order valence-electron chi connectivity index (χ0n) is 43.6. The maximum atomic E-state index is 14.4. The molecular weight excluding hydrogens is 953 g/mol. The lowest BCUT2D eigenvalue weighted by molar-refractivity contribution is -0.368. The summed E-state index contributed by atoms with van der Waals surface area (Å²) in [6, 6.07) is 4.40. The van der Waals surface area contributed by atoms with E-state index in [9.17, 15) is 54.0 Å². The predicted octanol–water partition coefficient (Wildman–Crippen LogP) is -3.76. The lowest BCUT2D eigenvalue weighted by atomic mass is 10.00. The van der Waals surface area contributed by atoms with Gasteiger partial charge in [-0.3, -0.25) is 54.8 Å². The standard InChI is InChI=1S/C49H86N10O12S/c1-27(2)36(55-46(68)31-19-17-30(18-20-31)21-25-72-49-41(67)40(66)39(65)35(26-60)71-49)48(70)59-45(38(64)29(5)6)57-44(37(63)28(3)4)54-32(14-8-11-22-50)47(69)58-43(34(62)16-10-13-24-52)56-42(53-7)33(61)15-9-12-23-51/h17-20,27-29,32,35-36,39-45,49,53-54,56-57,60,65-67H,8-16,21-26,50-52H2,1-7H3,(H,55,68)(H,58,69)(H,59,70)/p+3/t32?,35-,36?,39-,40+,41-,42?,43?,44?,45?,49+/m1/s1. The molecule has 1 saturated heterocycles. The minimum Gasteiger partial charge on any atom is -0.394 e. The second-order valence-electron chi connectivity index (χ2n) is 19.3. The number of benzene rings is 1. The zero-order chi connectivity index (χ0) is 54.1. The highest BCUT2D eigenvalue weighted by Gasteiger charge is 2.43. The molecule has 1 aliphatic heterocycles. The van der Waals surface area contributed by atoms with Crippen molar-refractivity contribution in [2.24, 2.45) is 17.8 Å². The number of nitrogens with one attached hydrogen (secondary N) is 7. The minimum atomic E-state index is -1.48. The molecule has 1 fully saturated rings. The highest BCUT2D eigenvalue weighted by molar-refractivity contribution is 7.99. The predicted molar refractivity (Wildman–Crippen MR) is 271 cm³/mol. The fourth-order valence-electron chi connectivity index (χ4n) is 7.77. The van der Waals surface area contributed by atoms with Crippen LogP contribution in [-0.2, 0) is 39.9 Å². The van der Waals surface area contributed by atoms with E-state index >= 15 is 0 Å². The summed E-state index contributed by atoms with van der Waals surface area (Å²) in [6.07, 6.45) is -5.62. The van der Waals surface area contributed by atoms with Crippen LogP contribution in [0, 0.1) is 17.8 Å². The first-order valence-corrected chi connectivity index (χ1v) is 26.6. The number of likely N-dealkylation sites (N-methyl/N-ethyl adjacent to an activating group) is 1. The number of carbonyl (C=O) groups is 7. The van der Waals surface area contributed by atoms with Crippen molar-refractivity contribution in [2.75, 3.05) is 39.0 Å². The number of amides is 3. The number of aliphatic hydroxyl groups is 4. The van der Waals surface area contributed by atoms with Crippen LogP contribution in [0.5, 0.6) is 0 Å². The van der Waals surface area contributed by atoms with Crippen LogP contribution in [-0.4, -0.2) is 167 Å². The number of unbranched alkanes of at least 4 members (excludes halogenated alkanes) is 3. The maximum absolute atomic E-state index is 14.4. The molecule has 0 spiro atoms. The van der Waals surface area contributed by atoms with Gasteiger partial charge in [-0.2, -0.15) is 0 Å². The quantitative estimate of drug-likeness (QED) is 0.0225. The van der Waals surface area contributed by atoms with Crippen LogP contribution >= 0.6 is 11.8 Å². The van der Waals surface area contributed by atoms with Crippen molar-refractivity contribution in [1.82, 2.24) is 37.2 Å². The van der Waals surface area contributed by atoms with Gasteiger partial charge in [0.05, 0.1) is 32.3 Å². The van der Waals surface area contributed by atoms with Gasteiger partial charge in [-0.25, -0.2) is 0 Å². The van der Waals surface area contributed by atoms with Gasteiger partial charge in [-0.05, 0) is 87.8 Å². The average molecular weight is 1040 g/mol. The van der Waals surface area contributed by atoms with Crippen LogP contribution in [0.2, 0.25) is 0 Å². The molecule has 1 aromatic rings. The van der Waals surface area contributed by atoms with Crippen LogP contribution < -0.4 is 54.4 Å². The number of quaternary nitrogens is 3. The van der Waals surface area contributed by atoms with Crippen LogP contribution in [0.1, 0.15) is 115 Å². The lowest BCUT2D eigenvalue weighted by Crippen LogP contribution is -2.67. The molecule has 23 heteroatoms. The van der Waals surface area contributed by atoms with E-state index in [-0.39, 0.29) is 36.4 Å². The Labute approximate surface area is 429 Å². The Hall–Kier alpha value is -3.82. The number of Topliss-reactive ketones (excluding diaryl/α,β-unsaturated/α-hetero) is 4. The number of carbonyl (C=O) groups excluding carboxylic acids is 7. The van der Waals surface area contributed by atoms with Crippen LogP contribution in [0.25, 0.3) is 0 Å². The summed E-state index contributed by atoms with van der Waals surface area (Å²) in [6.45, 7) is 11.4. The maximum Gasteiger partial charge on any atom is 0.251 e. The molecule has 11 atom stereocenters. The van der Waals surface area contributed by atoms with Crippen molar-refractivity contribution in [1.29, 1.82) is 0 Å². The molecule has 1 aromatic carbocycles. The van der Waals surface area contributed by atoms with E-state index in [1.54, 1.807) is 72.9 Å². The Morgan fingerprint density at radius 1 is 0.639 bits per heavy atom. The third kappa shape index (κ3) is 21.2. The van der Waals surface area contributed by atoms with Crippen LogP contribution in [0.3, 0.4) is 0 Å². The Morgan fingerprint density at radius 3 is 1.69 bits per heavy atom. The summed E-state index contributed by atoms with van der Waals surface area (Å²) >= 11 is 1.21. The first-order valence-electron chi connectivity index (χ1n) is 25.5. The summed E-state index contributed by atoms with van der Waals surface area (Å²) in [5.74, 6) is -4.63. The fraction of sp³-hybridized carbons (Fsp3) is 0.735. The van der Waals surface area contributed by atoms with Crippen LogP contribution in [0.4, 0.5) is 0 Å². The molecule has 0 aromatic heterocycles. The van der Waals surface area contributed by atoms with Crippen LogP contribution in [0.15, 0.2) is 24.3 Å². The van der Waals surface area contributed by atoms with E-state index in [2.05, 4.69) is 54.4 Å². The molecule has 3 amide bonds. The molecule has 410 valence electrons. The Bertz CT molecular complexity index is 1850. The third-order valence-corrected chi connectivity index (χ3v) is 13.5. The molecule has 6 unspecified atom stereocenters. The fourth-order valence-corrected chi connectivity index (χ4v) is 8.94. The van der Waals surface area contributed by atoms with Gasteiger partial charge in [-0.1, -0.05) is 53.7 Å². The first-order chi connectivity index (χ1) is 34.1. The van der Waals surface area contributed by atoms with Gasteiger partial charge in [0.2, 0.25) is 11.8 Å². The number of aliphatic hydroxyl groups excluding tert-OH is 4. The number of hydrogen-bond acceptors (Lipinski definition) is 17. The Kier molecular flexibility index (Phi) is 30.3. The number of thioether (sulfide) groups is 1. The number of aryl methyl sites for hydroxylation is 1. The largest absolute Gasteiger partial charge is 0.394 e. The van der Waals surface area contributed by atoms with Crippen molar-refractivity contribution in [3.05, 3.63) is 35.4 Å². The molecule has 1 aliphatic rings. The van der Waals surface area contributed by atoms with E-state index in [0.29, 0.717) is 63.9 Å². The molecule has 0 bridgehead atoms. The molecule has 0 radical (unpaired) electrons. The molecule has 20 N–H and O–H groups in total. The molecule has 0 aliphatic carbocycles. The minimum absolute atomic E-state index is 0.108. The normalized spacial score (nSPS) is 20.6. The van der Waals surface area contributed by atoms with E-state index in [1.165, 1.54) is 11.8 Å². The van der Waals surface area contributed by atoms with Gasteiger partial charge in [-0.15, -0.1) is 11.8 Å². The Morgan fingerprint density at radius 2 is 1.17 bits per heavy atom. The van der Waals surface area contributed by atoms with Crippen molar-refractivity contribution >= 4 is 52.6 Å². The topological polar surface area (TPSA) is 377 Å². The average Bonchev–Trinajstić information content (AvgIpc) is 3.35. The summed E-state index contributed by atoms with van der Waals surface area (Å²) in [5, 5.41) is 60.4. The number of ether oxygens (including phenoxy) is 1. The van der Waals surface area contributed by atoms with E-state index in [4.69, 9.17) is 4.74 Å². The monoisotopic (exact) mass is 1040 g/mol. The Balaban J connectivity index is 2.35. The lowest BCUT2D eigenvalue weighted by Gasteiger charge is -2.39. The SMILES string of the molecule is CNC(NC(NC(=O)C(CCCC[NH3+])NC(NC(NC(=O)C(NC(=O)c1ccc(CCS[C@@H]2O[C@H](CO)[C@@H](O)[C@H](O)[C@H]2O)cc1)C(C)C)C(=O)C(C)C)C(=O)C(C)C)C(=O)CCCC[NH3+])C(=O)CCCC[NH3+]. The number of ketones is 4. The molecule has 1 heterocycles.